The average Bonchev–Trinajstić information content (AvgIpc) is 3.14. The molecule has 0 unspecified atom stereocenters. The van der Waals surface area contributed by atoms with Crippen LogP contribution in [-0.4, -0.2) is 31.3 Å². The second kappa shape index (κ2) is 9.45. The fourth-order valence-corrected chi connectivity index (χ4v) is 3.83. The topological polar surface area (TPSA) is 90.6 Å². The normalized spacial score (nSPS) is 13.1. The number of ether oxygens (including phenoxy) is 2. The molecule has 0 aliphatic heterocycles. The lowest BCUT2D eigenvalue weighted by Crippen LogP contribution is -2.47. The molecule has 31 heavy (non-hydrogen) atoms. The molecule has 0 radical (unpaired) electrons. The van der Waals surface area contributed by atoms with Crippen LogP contribution < -0.4 is 11.1 Å². The second-order valence-corrected chi connectivity index (χ2v) is 7.35. The van der Waals surface area contributed by atoms with E-state index in [0.29, 0.717) is 0 Å². The van der Waals surface area contributed by atoms with E-state index >= 15 is 0 Å². The molecule has 0 spiro atoms. The summed E-state index contributed by atoms with van der Waals surface area (Å²) in [5.41, 5.74) is 11.1. The number of carbonyl (C=O) groups excluding carboxylic acids is 2. The van der Waals surface area contributed by atoms with E-state index in [2.05, 4.69) is 17.4 Å². The summed E-state index contributed by atoms with van der Waals surface area (Å²) in [7, 11) is 0. The van der Waals surface area contributed by atoms with Gasteiger partial charge in [-0.2, -0.15) is 0 Å². The average molecular weight is 416 g/mol. The minimum absolute atomic E-state index is 0.0560. The third-order valence-corrected chi connectivity index (χ3v) is 5.38. The fraction of sp³-hybridized carbons (Fsp3) is 0.200. The molecule has 1 atom stereocenters. The second-order valence-electron chi connectivity index (χ2n) is 7.35. The first kappa shape index (κ1) is 20.6. The van der Waals surface area contributed by atoms with E-state index in [-0.39, 0.29) is 25.7 Å². The number of carbonyl (C=O) groups is 2. The van der Waals surface area contributed by atoms with Gasteiger partial charge in [-0.05, 0) is 27.8 Å². The smallest absolute Gasteiger partial charge is 0.407 e. The van der Waals surface area contributed by atoms with E-state index in [1.54, 1.807) is 0 Å². The van der Waals surface area contributed by atoms with Crippen LogP contribution in [0, 0.1) is 0 Å². The first-order valence-electron chi connectivity index (χ1n) is 10.2. The Morgan fingerprint density at radius 2 is 1.42 bits per heavy atom. The summed E-state index contributed by atoms with van der Waals surface area (Å²) in [6, 6.07) is 24.5. The summed E-state index contributed by atoms with van der Waals surface area (Å²) < 4.78 is 10.7. The van der Waals surface area contributed by atoms with Crippen LogP contribution in [0.1, 0.15) is 22.6 Å². The van der Waals surface area contributed by atoms with Gasteiger partial charge in [0.05, 0.1) is 0 Å². The summed E-state index contributed by atoms with van der Waals surface area (Å²) in [5, 5.41) is 2.51. The molecule has 6 nitrogen and oxygen atoms in total. The molecule has 6 heteroatoms. The maximum Gasteiger partial charge on any atom is 0.407 e. The first-order valence-corrected chi connectivity index (χ1v) is 10.2. The molecule has 0 saturated carbocycles. The number of alkyl carbamates (subject to hydrolysis) is 1. The minimum atomic E-state index is -0.973. The maximum absolute atomic E-state index is 12.4. The van der Waals surface area contributed by atoms with E-state index in [1.807, 2.05) is 66.7 Å². The van der Waals surface area contributed by atoms with Gasteiger partial charge in [0, 0.05) is 12.5 Å². The van der Waals surface area contributed by atoms with E-state index in [0.717, 1.165) is 27.8 Å². The summed E-state index contributed by atoms with van der Waals surface area (Å²) in [4.78, 5) is 24.7. The zero-order chi connectivity index (χ0) is 21.6. The van der Waals surface area contributed by atoms with Gasteiger partial charge in [0.25, 0.3) is 0 Å². The Labute approximate surface area is 181 Å². The number of nitrogens with two attached hydrogens (primary N) is 1. The summed E-state index contributed by atoms with van der Waals surface area (Å²) in [6.45, 7) is 0.191. The Hall–Kier alpha value is -3.64. The Balaban J connectivity index is 1.35. The van der Waals surface area contributed by atoms with Gasteiger partial charge in [0.2, 0.25) is 0 Å². The van der Waals surface area contributed by atoms with Gasteiger partial charge < -0.3 is 20.5 Å². The molecule has 3 aromatic rings. The Morgan fingerprint density at radius 3 is 2.03 bits per heavy atom. The Kier molecular flexibility index (Phi) is 6.29. The van der Waals surface area contributed by atoms with Crippen molar-refractivity contribution in [3.8, 4) is 11.1 Å². The summed E-state index contributed by atoms with van der Waals surface area (Å²) in [6.07, 6.45) is -0.700. The third kappa shape index (κ3) is 4.59. The van der Waals surface area contributed by atoms with Crippen molar-refractivity contribution in [2.24, 2.45) is 5.73 Å². The van der Waals surface area contributed by atoms with Crippen molar-refractivity contribution < 1.29 is 19.1 Å². The molecule has 0 saturated heterocycles. The lowest BCUT2D eigenvalue weighted by Gasteiger charge is -2.18. The molecule has 1 aliphatic carbocycles. The SMILES string of the molecule is NC[C@H](NC(=O)OCC1c2ccccc2-c2ccccc21)C(=O)OCc1ccccc1. The highest BCUT2D eigenvalue weighted by Gasteiger charge is 2.29. The van der Waals surface area contributed by atoms with Gasteiger partial charge in [-0.15, -0.1) is 0 Å². The lowest BCUT2D eigenvalue weighted by molar-refractivity contribution is -0.147. The molecule has 0 bridgehead atoms. The number of hydrogen-bond donors (Lipinski definition) is 2. The van der Waals surface area contributed by atoms with Crippen molar-refractivity contribution in [1.29, 1.82) is 0 Å². The maximum atomic E-state index is 12.4. The quantitative estimate of drug-likeness (QED) is 0.575. The number of nitrogens with one attached hydrogen (secondary N) is 1. The van der Waals surface area contributed by atoms with Crippen LogP contribution in [0.25, 0.3) is 11.1 Å². The van der Waals surface area contributed by atoms with Crippen LogP contribution in [0.15, 0.2) is 78.9 Å². The summed E-state index contributed by atoms with van der Waals surface area (Å²) in [5.74, 6) is -0.653. The lowest BCUT2D eigenvalue weighted by atomic mass is 9.98. The summed E-state index contributed by atoms with van der Waals surface area (Å²) >= 11 is 0. The molecular weight excluding hydrogens is 392 g/mol. The fourth-order valence-electron chi connectivity index (χ4n) is 3.83. The zero-order valence-electron chi connectivity index (χ0n) is 17.0. The highest BCUT2D eigenvalue weighted by atomic mass is 16.6. The largest absolute Gasteiger partial charge is 0.459 e. The van der Waals surface area contributed by atoms with Crippen LogP contribution in [0.2, 0.25) is 0 Å². The highest BCUT2D eigenvalue weighted by molar-refractivity contribution is 5.82. The number of amides is 1. The first-order chi connectivity index (χ1) is 15.2. The number of hydrogen-bond acceptors (Lipinski definition) is 5. The molecule has 0 aromatic heterocycles. The molecule has 0 fully saturated rings. The van der Waals surface area contributed by atoms with Crippen LogP contribution in [0.4, 0.5) is 4.79 Å². The van der Waals surface area contributed by atoms with Crippen LogP contribution in [-0.2, 0) is 20.9 Å². The van der Waals surface area contributed by atoms with Gasteiger partial charge in [-0.25, -0.2) is 9.59 Å². The van der Waals surface area contributed by atoms with Crippen molar-refractivity contribution in [2.75, 3.05) is 13.2 Å². The predicted octanol–water partition coefficient (Wildman–Crippen LogP) is 3.60. The number of fused-ring (bicyclic) bond motifs is 3. The highest BCUT2D eigenvalue weighted by Crippen LogP contribution is 2.44. The van der Waals surface area contributed by atoms with Crippen molar-refractivity contribution in [3.63, 3.8) is 0 Å². The monoisotopic (exact) mass is 416 g/mol. The molecular formula is C25H24N2O4. The van der Waals surface area contributed by atoms with Gasteiger partial charge in [0.15, 0.2) is 0 Å². The van der Waals surface area contributed by atoms with E-state index < -0.39 is 18.1 Å². The minimum Gasteiger partial charge on any atom is -0.459 e. The number of esters is 1. The Morgan fingerprint density at radius 1 is 0.839 bits per heavy atom. The van der Waals surface area contributed by atoms with Crippen molar-refractivity contribution in [2.45, 2.75) is 18.6 Å². The van der Waals surface area contributed by atoms with E-state index in [1.165, 1.54) is 0 Å². The predicted molar refractivity (Wildman–Crippen MR) is 117 cm³/mol. The molecule has 1 amide bonds. The number of rotatable bonds is 7. The molecule has 3 N–H and O–H groups in total. The number of benzene rings is 3. The zero-order valence-corrected chi connectivity index (χ0v) is 17.0. The molecule has 3 aromatic carbocycles. The van der Waals surface area contributed by atoms with Gasteiger partial charge >= 0.3 is 12.1 Å². The Bertz CT molecular complexity index is 1020. The van der Waals surface area contributed by atoms with Crippen LogP contribution in [0.3, 0.4) is 0 Å². The van der Waals surface area contributed by atoms with Crippen LogP contribution in [0.5, 0.6) is 0 Å². The molecule has 4 rings (SSSR count). The third-order valence-electron chi connectivity index (χ3n) is 5.38. The van der Waals surface area contributed by atoms with Crippen molar-refractivity contribution >= 4 is 12.1 Å². The van der Waals surface area contributed by atoms with E-state index in [4.69, 9.17) is 15.2 Å². The molecule has 0 heterocycles. The van der Waals surface area contributed by atoms with E-state index in [9.17, 15) is 9.59 Å². The van der Waals surface area contributed by atoms with Gasteiger partial charge in [0.1, 0.15) is 19.3 Å². The van der Waals surface area contributed by atoms with Gasteiger partial charge in [-0.1, -0.05) is 78.9 Å². The standard InChI is InChI=1S/C25H24N2O4/c26-14-23(24(28)30-15-17-8-2-1-3-9-17)27-25(29)31-16-22-20-12-6-4-10-18(20)19-11-5-7-13-21(19)22/h1-13,22-23H,14-16,26H2,(H,27,29)/t23-/m0/s1. The van der Waals surface area contributed by atoms with Crippen molar-refractivity contribution in [3.05, 3.63) is 95.6 Å². The van der Waals surface area contributed by atoms with Crippen molar-refractivity contribution in [1.82, 2.24) is 5.32 Å². The van der Waals surface area contributed by atoms with Crippen LogP contribution >= 0.6 is 0 Å². The molecule has 1 aliphatic rings. The van der Waals surface area contributed by atoms with Gasteiger partial charge in [-0.3, -0.25) is 0 Å². The molecule has 158 valence electrons.